The lowest BCUT2D eigenvalue weighted by atomic mass is 9.99. The molecule has 0 saturated carbocycles. The summed E-state index contributed by atoms with van der Waals surface area (Å²) in [5.41, 5.74) is 1.28. The van der Waals surface area contributed by atoms with Gasteiger partial charge in [0.2, 0.25) is 0 Å². The Morgan fingerprint density at radius 3 is 3.11 bits per heavy atom. The average molecular weight is 327 g/mol. The summed E-state index contributed by atoms with van der Waals surface area (Å²) in [6, 6.07) is 4.59. The van der Waals surface area contributed by atoms with Crippen molar-refractivity contribution in [3.8, 4) is 0 Å². The van der Waals surface area contributed by atoms with Crippen LogP contribution in [0.15, 0.2) is 27.8 Å². The molecule has 1 unspecified atom stereocenters. The zero-order chi connectivity index (χ0) is 13.4. The lowest BCUT2D eigenvalue weighted by Gasteiger charge is -2.15. The normalized spacial score (nSPS) is 23.1. The standard InChI is InChI=1S/C13H12BrFN2O2/c14-12-9(15)2-1-3-11(12)17-13(18)8-4-6-19-7-5-10(8)16-17/h1-3,8H,4-7H2. The minimum absolute atomic E-state index is 0.105. The summed E-state index contributed by atoms with van der Waals surface area (Å²) in [7, 11) is 0. The third-order valence-electron chi connectivity index (χ3n) is 3.35. The Labute approximate surface area is 118 Å². The molecule has 2 heterocycles. The van der Waals surface area contributed by atoms with Crippen LogP contribution >= 0.6 is 15.9 Å². The number of carbonyl (C=O) groups is 1. The van der Waals surface area contributed by atoms with Gasteiger partial charge in [-0.3, -0.25) is 4.79 Å². The highest BCUT2D eigenvalue weighted by Gasteiger charge is 2.37. The predicted molar refractivity (Wildman–Crippen MR) is 72.6 cm³/mol. The van der Waals surface area contributed by atoms with Crippen LogP contribution in [0.25, 0.3) is 0 Å². The summed E-state index contributed by atoms with van der Waals surface area (Å²) in [4.78, 5) is 12.4. The van der Waals surface area contributed by atoms with Crippen LogP contribution in [0.2, 0.25) is 0 Å². The van der Waals surface area contributed by atoms with Gasteiger partial charge in [0.1, 0.15) is 5.82 Å². The second kappa shape index (κ2) is 5.02. The van der Waals surface area contributed by atoms with Crippen LogP contribution in [0.5, 0.6) is 0 Å². The first-order valence-corrected chi connectivity index (χ1v) is 6.91. The molecule has 19 heavy (non-hydrogen) atoms. The van der Waals surface area contributed by atoms with Crippen molar-refractivity contribution in [2.45, 2.75) is 12.8 Å². The molecular formula is C13H12BrFN2O2. The summed E-state index contributed by atoms with van der Waals surface area (Å²) in [5.74, 6) is -0.731. The molecule has 0 bridgehead atoms. The van der Waals surface area contributed by atoms with E-state index >= 15 is 0 Å². The van der Waals surface area contributed by atoms with Crippen molar-refractivity contribution in [3.05, 3.63) is 28.5 Å². The Balaban J connectivity index is 1.98. The van der Waals surface area contributed by atoms with E-state index in [9.17, 15) is 9.18 Å². The van der Waals surface area contributed by atoms with Crippen molar-refractivity contribution < 1.29 is 13.9 Å². The molecule has 1 fully saturated rings. The number of halogens is 2. The van der Waals surface area contributed by atoms with Crippen molar-refractivity contribution in [2.75, 3.05) is 18.2 Å². The van der Waals surface area contributed by atoms with Crippen molar-refractivity contribution in [3.63, 3.8) is 0 Å². The first-order chi connectivity index (χ1) is 9.18. The highest BCUT2D eigenvalue weighted by Crippen LogP contribution is 2.34. The fraction of sp³-hybridized carbons (Fsp3) is 0.385. The smallest absolute Gasteiger partial charge is 0.256 e. The number of amides is 1. The zero-order valence-electron chi connectivity index (χ0n) is 10.1. The Morgan fingerprint density at radius 2 is 2.26 bits per heavy atom. The Kier molecular flexibility index (Phi) is 3.36. The number of hydrazone groups is 1. The molecular weight excluding hydrogens is 315 g/mol. The van der Waals surface area contributed by atoms with E-state index in [-0.39, 0.29) is 16.3 Å². The number of fused-ring (bicyclic) bond motifs is 1. The predicted octanol–water partition coefficient (Wildman–Crippen LogP) is 2.72. The maximum absolute atomic E-state index is 13.5. The van der Waals surface area contributed by atoms with Gasteiger partial charge in [0.15, 0.2) is 0 Å². The van der Waals surface area contributed by atoms with Crippen molar-refractivity contribution in [1.29, 1.82) is 0 Å². The highest BCUT2D eigenvalue weighted by atomic mass is 79.9. The number of ether oxygens (including phenoxy) is 1. The molecule has 4 nitrogen and oxygen atoms in total. The fourth-order valence-electron chi connectivity index (χ4n) is 2.36. The monoisotopic (exact) mass is 326 g/mol. The molecule has 0 spiro atoms. The molecule has 0 aromatic heterocycles. The number of hydrogen-bond donors (Lipinski definition) is 0. The van der Waals surface area contributed by atoms with E-state index in [0.717, 1.165) is 5.71 Å². The van der Waals surface area contributed by atoms with E-state index in [1.54, 1.807) is 12.1 Å². The van der Waals surface area contributed by atoms with E-state index < -0.39 is 5.82 Å². The van der Waals surface area contributed by atoms with Crippen molar-refractivity contribution in [2.24, 2.45) is 11.0 Å². The Bertz CT molecular complexity index is 562. The Morgan fingerprint density at radius 1 is 1.42 bits per heavy atom. The van der Waals surface area contributed by atoms with Gasteiger partial charge in [-0.2, -0.15) is 10.1 Å². The maximum Gasteiger partial charge on any atom is 0.256 e. The summed E-state index contributed by atoms with van der Waals surface area (Å²) < 4.78 is 19.1. The molecule has 0 N–H and O–H groups in total. The highest BCUT2D eigenvalue weighted by molar-refractivity contribution is 9.10. The minimum atomic E-state index is -0.402. The molecule has 3 rings (SSSR count). The third kappa shape index (κ3) is 2.19. The molecule has 1 atom stereocenters. The van der Waals surface area contributed by atoms with Crippen LogP contribution in [0.4, 0.5) is 10.1 Å². The van der Waals surface area contributed by atoms with Crippen LogP contribution in [0, 0.1) is 11.7 Å². The number of hydrogen-bond acceptors (Lipinski definition) is 3. The van der Waals surface area contributed by atoms with E-state index in [2.05, 4.69) is 21.0 Å². The van der Waals surface area contributed by atoms with Crippen LogP contribution in [-0.2, 0) is 9.53 Å². The van der Waals surface area contributed by atoms with E-state index in [1.165, 1.54) is 11.1 Å². The summed E-state index contributed by atoms with van der Waals surface area (Å²) in [6.07, 6.45) is 1.29. The summed E-state index contributed by atoms with van der Waals surface area (Å²) >= 11 is 3.17. The zero-order valence-corrected chi connectivity index (χ0v) is 11.7. The molecule has 1 aromatic carbocycles. The number of benzene rings is 1. The molecule has 1 saturated heterocycles. The molecule has 2 aliphatic rings. The first-order valence-electron chi connectivity index (χ1n) is 6.11. The number of carbonyl (C=O) groups excluding carboxylic acids is 1. The quantitative estimate of drug-likeness (QED) is 0.796. The van der Waals surface area contributed by atoms with E-state index in [4.69, 9.17) is 4.74 Å². The van der Waals surface area contributed by atoms with Gasteiger partial charge < -0.3 is 4.74 Å². The van der Waals surface area contributed by atoms with Gasteiger partial charge in [-0.25, -0.2) is 4.39 Å². The minimum Gasteiger partial charge on any atom is -0.381 e. The number of anilines is 1. The van der Waals surface area contributed by atoms with Crippen molar-refractivity contribution in [1.82, 2.24) is 0 Å². The van der Waals surface area contributed by atoms with Gasteiger partial charge in [-0.1, -0.05) is 6.07 Å². The van der Waals surface area contributed by atoms with E-state index in [1.807, 2.05) is 0 Å². The average Bonchev–Trinajstić information content (AvgIpc) is 2.60. The maximum atomic E-state index is 13.5. The molecule has 1 aromatic rings. The van der Waals surface area contributed by atoms with Gasteiger partial charge in [0.25, 0.3) is 5.91 Å². The second-order valence-electron chi connectivity index (χ2n) is 4.52. The van der Waals surface area contributed by atoms with Crippen LogP contribution in [0.3, 0.4) is 0 Å². The molecule has 1 amide bonds. The summed E-state index contributed by atoms with van der Waals surface area (Å²) in [6.45, 7) is 1.15. The van der Waals surface area contributed by atoms with Crippen LogP contribution in [0.1, 0.15) is 12.8 Å². The number of nitrogens with zero attached hydrogens (tertiary/aromatic N) is 2. The SMILES string of the molecule is O=C1C2CCOCCC2=NN1c1cccc(F)c1Br. The molecule has 100 valence electrons. The Hall–Kier alpha value is -1.27. The second-order valence-corrected chi connectivity index (χ2v) is 5.31. The van der Waals surface area contributed by atoms with Gasteiger partial charge >= 0.3 is 0 Å². The van der Waals surface area contributed by atoms with E-state index in [0.29, 0.717) is 31.7 Å². The fourth-order valence-corrected chi connectivity index (χ4v) is 2.79. The lowest BCUT2D eigenvalue weighted by molar-refractivity contribution is -0.120. The van der Waals surface area contributed by atoms with Gasteiger partial charge in [-0.15, -0.1) is 0 Å². The molecule has 2 aliphatic heterocycles. The van der Waals surface area contributed by atoms with Gasteiger partial charge in [0.05, 0.1) is 28.4 Å². The van der Waals surface area contributed by atoms with Crippen LogP contribution in [-0.4, -0.2) is 24.8 Å². The molecule has 0 aliphatic carbocycles. The number of rotatable bonds is 1. The largest absolute Gasteiger partial charge is 0.381 e. The third-order valence-corrected chi connectivity index (χ3v) is 4.14. The molecule has 6 heteroatoms. The first kappa shape index (κ1) is 12.7. The molecule has 0 radical (unpaired) electrons. The van der Waals surface area contributed by atoms with Crippen LogP contribution < -0.4 is 5.01 Å². The van der Waals surface area contributed by atoms with Gasteiger partial charge in [-0.05, 0) is 34.5 Å². The van der Waals surface area contributed by atoms with Crippen molar-refractivity contribution >= 4 is 33.2 Å². The van der Waals surface area contributed by atoms with Gasteiger partial charge in [0, 0.05) is 13.0 Å². The summed E-state index contributed by atoms with van der Waals surface area (Å²) in [5, 5.41) is 5.65. The lowest BCUT2D eigenvalue weighted by Crippen LogP contribution is -2.27. The topological polar surface area (TPSA) is 41.9 Å².